The summed E-state index contributed by atoms with van der Waals surface area (Å²) in [7, 11) is 3.47. The fourth-order valence-electron chi connectivity index (χ4n) is 4.42. The van der Waals surface area contributed by atoms with Crippen LogP contribution in [0.15, 0.2) is 18.2 Å². The van der Waals surface area contributed by atoms with Gasteiger partial charge in [0.1, 0.15) is 0 Å². The number of aryl methyl sites for hydroxylation is 1. The van der Waals surface area contributed by atoms with Crippen LogP contribution in [0.25, 0.3) is 0 Å². The number of amides is 2. The molecule has 0 heterocycles. The summed E-state index contributed by atoms with van der Waals surface area (Å²) in [5.41, 5.74) is 8.56. The highest BCUT2D eigenvalue weighted by Crippen LogP contribution is 2.42. The third kappa shape index (κ3) is 3.71. The van der Waals surface area contributed by atoms with E-state index in [0.29, 0.717) is 23.1 Å². The summed E-state index contributed by atoms with van der Waals surface area (Å²) in [5.74, 6) is 1.01. The number of rotatable bonds is 3. The Hall–Kier alpha value is -1.88. The van der Waals surface area contributed by atoms with Crippen molar-refractivity contribution in [1.82, 2.24) is 4.90 Å². The molecule has 0 aromatic heterocycles. The smallest absolute Gasteiger partial charge is 0.253 e. The average Bonchev–Trinajstić information content (AvgIpc) is 2.55. The Morgan fingerprint density at radius 1 is 1.16 bits per heavy atom. The molecule has 25 heavy (non-hydrogen) atoms. The SMILES string of the molecule is Cc1ccc(NC(=O)C2CC3CCCC(C2)C3N)cc1C(=O)N(C)C. The summed E-state index contributed by atoms with van der Waals surface area (Å²) in [6.45, 7) is 1.91. The first kappa shape index (κ1) is 17.9. The summed E-state index contributed by atoms with van der Waals surface area (Å²) in [6, 6.07) is 5.80. The van der Waals surface area contributed by atoms with Gasteiger partial charge >= 0.3 is 0 Å². The minimum atomic E-state index is -0.0493. The average molecular weight is 343 g/mol. The van der Waals surface area contributed by atoms with E-state index in [1.807, 2.05) is 19.1 Å². The molecule has 0 radical (unpaired) electrons. The van der Waals surface area contributed by atoms with E-state index in [-0.39, 0.29) is 23.8 Å². The zero-order valence-corrected chi connectivity index (χ0v) is 15.4. The van der Waals surface area contributed by atoms with Gasteiger partial charge in [-0.05, 0) is 62.1 Å². The maximum absolute atomic E-state index is 12.8. The molecule has 0 aliphatic heterocycles. The molecule has 2 bridgehead atoms. The van der Waals surface area contributed by atoms with E-state index in [9.17, 15) is 9.59 Å². The number of anilines is 1. The number of nitrogens with zero attached hydrogens (tertiary/aromatic N) is 1. The summed E-state index contributed by atoms with van der Waals surface area (Å²) in [5, 5.41) is 3.03. The van der Waals surface area contributed by atoms with Crippen molar-refractivity contribution < 1.29 is 9.59 Å². The number of fused-ring (bicyclic) bond motifs is 2. The van der Waals surface area contributed by atoms with Crippen molar-refractivity contribution in [3.05, 3.63) is 29.3 Å². The lowest BCUT2D eigenvalue weighted by molar-refractivity contribution is -0.122. The van der Waals surface area contributed by atoms with Crippen LogP contribution in [0.2, 0.25) is 0 Å². The monoisotopic (exact) mass is 343 g/mol. The maximum Gasteiger partial charge on any atom is 0.253 e. The predicted octanol–water partition coefficient (Wildman–Crippen LogP) is 2.79. The first-order valence-corrected chi connectivity index (χ1v) is 9.25. The molecule has 136 valence electrons. The van der Waals surface area contributed by atoms with Crippen LogP contribution in [0.4, 0.5) is 5.69 Å². The van der Waals surface area contributed by atoms with Crippen LogP contribution < -0.4 is 11.1 Å². The zero-order chi connectivity index (χ0) is 18.1. The van der Waals surface area contributed by atoms with Crippen LogP contribution in [0.3, 0.4) is 0 Å². The number of hydrogen-bond donors (Lipinski definition) is 2. The third-order valence-corrected chi connectivity index (χ3v) is 5.93. The predicted molar refractivity (Wildman–Crippen MR) is 99.4 cm³/mol. The first-order valence-electron chi connectivity index (χ1n) is 9.25. The molecule has 2 amide bonds. The number of nitrogens with one attached hydrogen (secondary N) is 1. The Kier molecular flexibility index (Phi) is 5.13. The van der Waals surface area contributed by atoms with Gasteiger partial charge in [-0.15, -0.1) is 0 Å². The van der Waals surface area contributed by atoms with Gasteiger partial charge in [0, 0.05) is 37.3 Å². The van der Waals surface area contributed by atoms with Crippen molar-refractivity contribution in [2.24, 2.45) is 23.5 Å². The van der Waals surface area contributed by atoms with Crippen LogP contribution in [-0.2, 0) is 4.79 Å². The number of nitrogens with two attached hydrogens (primary N) is 1. The van der Waals surface area contributed by atoms with Crippen LogP contribution in [0, 0.1) is 24.7 Å². The minimum absolute atomic E-state index is 0.0319. The van der Waals surface area contributed by atoms with Crippen molar-refractivity contribution >= 4 is 17.5 Å². The Balaban J connectivity index is 1.71. The van der Waals surface area contributed by atoms with E-state index >= 15 is 0 Å². The summed E-state index contributed by atoms with van der Waals surface area (Å²) in [6.07, 6.45) is 5.31. The summed E-state index contributed by atoms with van der Waals surface area (Å²) < 4.78 is 0. The van der Waals surface area contributed by atoms with Gasteiger partial charge in [-0.1, -0.05) is 12.5 Å². The molecule has 2 saturated carbocycles. The molecule has 3 rings (SSSR count). The van der Waals surface area contributed by atoms with E-state index in [1.54, 1.807) is 25.1 Å². The van der Waals surface area contributed by atoms with Gasteiger partial charge < -0.3 is 16.0 Å². The highest BCUT2D eigenvalue weighted by atomic mass is 16.2. The molecule has 5 heteroatoms. The van der Waals surface area contributed by atoms with E-state index in [4.69, 9.17) is 5.73 Å². The first-order chi connectivity index (χ1) is 11.9. The van der Waals surface area contributed by atoms with Gasteiger partial charge in [0.2, 0.25) is 5.91 Å². The van der Waals surface area contributed by atoms with Crippen molar-refractivity contribution in [2.75, 3.05) is 19.4 Å². The minimum Gasteiger partial charge on any atom is -0.345 e. The molecule has 2 unspecified atom stereocenters. The Labute approximate surface area is 150 Å². The van der Waals surface area contributed by atoms with E-state index in [0.717, 1.165) is 31.2 Å². The maximum atomic E-state index is 12.8. The van der Waals surface area contributed by atoms with Crippen molar-refractivity contribution in [1.29, 1.82) is 0 Å². The molecule has 3 N–H and O–H groups in total. The highest BCUT2D eigenvalue weighted by molar-refractivity contribution is 5.98. The van der Waals surface area contributed by atoms with Crippen LogP contribution >= 0.6 is 0 Å². The molecular formula is C20H29N3O2. The molecule has 5 nitrogen and oxygen atoms in total. The molecule has 1 aromatic rings. The number of carbonyl (C=O) groups is 2. The number of carbonyl (C=O) groups excluding carboxylic acids is 2. The summed E-state index contributed by atoms with van der Waals surface area (Å²) >= 11 is 0. The lowest BCUT2D eigenvalue weighted by atomic mass is 9.65. The lowest BCUT2D eigenvalue weighted by Crippen LogP contribution is -2.48. The summed E-state index contributed by atoms with van der Waals surface area (Å²) in [4.78, 5) is 26.6. The normalized spacial score (nSPS) is 28.3. The van der Waals surface area contributed by atoms with Gasteiger partial charge in [0.15, 0.2) is 0 Å². The number of hydrogen-bond acceptors (Lipinski definition) is 3. The van der Waals surface area contributed by atoms with Gasteiger partial charge in [-0.2, -0.15) is 0 Å². The Morgan fingerprint density at radius 2 is 1.80 bits per heavy atom. The standard InChI is InChI=1S/C20H29N3O2/c1-12-7-8-16(11-17(12)20(25)23(2)3)22-19(24)15-9-13-5-4-6-14(10-15)18(13)21/h7-8,11,13-15,18H,4-6,9-10,21H2,1-3H3,(H,22,24). The molecular weight excluding hydrogens is 314 g/mol. The second-order valence-electron chi connectivity index (χ2n) is 7.92. The molecule has 0 spiro atoms. The quantitative estimate of drug-likeness (QED) is 0.886. The largest absolute Gasteiger partial charge is 0.345 e. The van der Waals surface area contributed by atoms with Gasteiger partial charge in [0.25, 0.3) is 5.91 Å². The number of benzene rings is 1. The zero-order valence-electron chi connectivity index (χ0n) is 15.4. The highest BCUT2D eigenvalue weighted by Gasteiger charge is 2.40. The molecule has 2 aliphatic carbocycles. The fourth-order valence-corrected chi connectivity index (χ4v) is 4.42. The van der Waals surface area contributed by atoms with Crippen LogP contribution in [-0.4, -0.2) is 36.9 Å². The Morgan fingerprint density at radius 3 is 2.40 bits per heavy atom. The van der Waals surface area contributed by atoms with Crippen LogP contribution in [0.5, 0.6) is 0 Å². The van der Waals surface area contributed by atoms with E-state index < -0.39 is 0 Å². The molecule has 1 aromatic carbocycles. The third-order valence-electron chi connectivity index (χ3n) is 5.93. The van der Waals surface area contributed by atoms with Gasteiger partial charge in [-0.25, -0.2) is 0 Å². The molecule has 0 saturated heterocycles. The van der Waals surface area contributed by atoms with Crippen molar-refractivity contribution in [2.45, 2.75) is 45.1 Å². The van der Waals surface area contributed by atoms with Gasteiger partial charge in [0.05, 0.1) is 0 Å². The van der Waals surface area contributed by atoms with E-state index in [2.05, 4.69) is 5.32 Å². The van der Waals surface area contributed by atoms with E-state index in [1.165, 1.54) is 6.42 Å². The lowest BCUT2D eigenvalue weighted by Gasteiger charge is -2.43. The second kappa shape index (κ2) is 7.16. The molecule has 2 aliphatic rings. The van der Waals surface area contributed by atoms with Crippen molar-refractivity contribution in [3.8, 4) is 0 Å². The van der Waals surface area contributed by atoms with Crippen molar-refractivity contribution in [3.63, 3.8) is 0 Å². The topological polar surface area (TPSA) is 75.4 Å². The molecule has 2 fully saturated rings. The van der Waals surface area contributed by atoms with Crippen LogP contribution in [0.1, 0.15) is 48.0 Å². The Bertz CT molecular complexity index is 657. The fraction of sp³-hybridized carbons (Fsp3) is 0.600. The second-order valence-corrected chi connectivity index (χ2v) is 7.92. The molecule has 2 atom stereocenters. The van der Waals surface area contributed by atoms with Gasteiger partial charge in [-0.3, -0.25) is 9.59 Å².